The minimum absolute atomic E-state index is 0.0856. The summed E-state index contributed by atoms with van der Waals surface area (Å²) in [7, 11) is 0. The molecule has 3 amide bonds. The number of carbonyl (C=O) groups is 2. The normalized spacial score (nSPS) is 13.2. The third kappa shape index (κ3) is 7.46. The molecular formula is C18H29N3O3. The van der Waals surface area contributed by atoms with Gasteiger partial charge in [0.15, 0.2) is 0 Å². The lowest BCUT2D eigenvalue weighted by atomic mass is 10.2. The minimum atomic E-state index is -0.605. The van der Waals surface area contributed by atoms with E-state index in [1.165, 1.54) is 0 Å². The molecule has 0 aromatic heterocycles. The van der Waals surface area contributed by atoms with Gasteiger partial charge < -0.3 is 20.7 Å². The first-order chi connectivity index (χ1) is 11.3. The monoisotopic (exact) mass is 335 g/mol. The molecule has 1 rings (SSSR count). The van der Waals surface area contributed by atoms with E-state index in [1.807, 2.05) is 45.9 Å². The molecule has 0 spiro atoms. The molecule has 0 bridgehead atoms. The van der Waals surface area contributed by atoms with Gasteiger partial charge in [-0.1, -0.05) is 19.1 Å². The summed E-state index contributed by atoms with van der Waals surface area (Å²) in [4.78, 5) is 24.0. The van der Waals surface area contributed by atoms with Crippen LogP contribution in [0, 0.1) is 0 Å². The first-order valence-corrected chi connectivity index (χ1v) is 8.40. The molecule has 0 aliphatic heterocycles. The Morgan fingerprint density at radius 3 is 2.46 bits per heavy atom. The van der Waals surface area contributed by atoms with Crippen molar-refractivity contribution in [3.63, 3.8) is 0 Å². The van der Waals surface area contributed by atoms with E-state index in [0.29, 0.717) is 12.3 Å². The maximum atomic E-state index is 12.0. The molecule has 2 atom stereocenters. The van der Waals surface area contributed by atoms with Crippen molar-refractivity contribution in [2.45, 2.75) is 65.8 Å². The Labute approximate surface area is 144 Å². The fourth-order valence-corrected chi connectivity index (χ4v) is 1.90. The zero-order chi connectivity index (χ0) is 18.1. The average Bonchev–Trinajstić information content (AvgIpc) is 2.52. The van der Waals surface area contributed by atoms with E-state index in [9.17, 15) is 9.59 Å². The summed E-state index contributed by atoms with van der Waals surface area (Å²) >= 11 is 0. The molecule has 24 heavy (non-hydrogen) atoms. The van der Waals surface area contributed by atoms with Crippen LogP contribution in [0.3, 0.4) is 0 Å². The second kappa shape index (κ2) is 9.93. The third-order valence-electron chi connectivity index (χ3n) is 3.51. The van der Waals surface area contributed by atoms with Crippen molar-refractivity contribution in [3.8, 4) is 0 Å². The number of amides is 3. The van der Waals surface area contributed by atoms with Gasteiger partial charge in [-0.15, -0.1) is 0 Å². The topological polar surface area (TPSA) is 79.5 Å². The highest BCUT2D eigenvalue weighted by atomic mass is 16.5. The van der Waals surface area contributed by atoms with E-state index in [-0.39, 0.29) is 18.1 Å². The lowest BCUT2D eigenvalue weighted by Crippen LogP contribution is -2.48. The van der Waals surface area contributed by atoms with E-state index in [1.54, 1.807) is 13.0 Å². The van der Waals surface area contributed by atoms with Gasteiger partial charge in [0.25, 0.3) is 0 Å². The van der Waals surface area contributed by atoms with Crippen molar-refractivity contribution in [1.82, 2.24) is 10.6 Å². The molecule has 0 heterocycles. The highest BCUT2D eigenvalue weighted by Crippen LogP contribution is 2.12. The molecule has 0 radical (unpaired) electrons. The van der Waals surface area contributed by atoms with Crippen LogP contribution in [0.4, 0.5) is 10.5 Å². The Kier molecular flexibility index (Phi) is 8.26. The quantitative estimate of drug-likeness (QED) is 0.683. The number of ether oxygens (including phenoxy) is 1. The van der Waals surface area contributed by atoms with Gasteiger partial charge >= 0.3 is 6.03 Å². The fraction of sp³-hybridized carbons (Fsp3) is 0.556. The van der Waals surface area contributed by atoms with Crippen LogP contribution < -0.4 is 16.0 Å². The summed E-state index contributed by atoms with van der Waals surface area (Å²) < 4.78 is 5.55. The number of rotatable bonds is 8. The van der Waals surface area contributed by atoms with Crippen molar-refractivity contribution in [1.29, 1.82) is 0 Å². The van der Waals surface area contributed by atoms with Gasteiger partial charge in [-0.05, 0) is 51.8 Å². The molecule has 0 saturated heterocycles. The lowest BCUT2D eigenvalue weighted by molar-refractivity contribution is -0.123. The van der Waals surface area contributed by atoms with Crippen LogP contribution in [-0.4, -0.2) is 30.1 Å². The lowest BCUT2D eigenvalue weighted by Gasteiger charge is -2.18. The number of hydrogen-bond acceptors (Lipinski definition) is 3. The first-order valence-electron chi connectivity index (χ1n) is 8.40. The molecule has 6 heteroatoms. The van der Waals surface area contributed by atoms with Crippen molar-refractivity contribution < 1.29 is 14.3 Å². The van der Waals surface area contributed by atoms with Gasteiger partial charge in [0.05, 0.1) is 12.7 Å². The summed E-state index contributed by atoms with van der Waals surface area (Å²) in [5.74, 6) is -0.196. The molecule has 1 aromatic carbocycles. The predicted molar refractivity (Wildman–Crippen MR) is 95.9 cm³/mol. The molecule has 0 fully saturated rings. The number of urea groups is 1. The number of nitrogens with one attached hydrogen (secondary N) is 3. The molecule has 0 unspecified atom stereocenters. The van der Waals surface area contributed by atoms with Gasteiger partial charge in [-0.3, -0.25) is 4.79 Å². The van der Waals surface area contributed by atoms with E-state index >= 15 is 0 Å². The second-order valence-electron chi connectivity index (χ2n) is 6.20. The van der Waals surface area contributed by atoms with Gasteiger partial charge in [-0.25, -0.2) is 4.79 Å². The Morgan fingerprint density at radius 1 is 1.12 bits per heavy atom. The molecule has 6 nitrogen and oxygen atoms in total. The fourth-order valence-electron chi connectivity index (χ4n) is 1.90. The maximum absolute atomic E-state index is 12.0. The van der Waals surface area contributed by atoms with Crippen molar-refractivity contribution in [3.05, 3.63) is 29.8 Å². The number of carbonyl (C=O) groups excluding carboxylic acids is 2. The standard InChI is InChI=1S/C18H29N3O3/c1-6-13(4)19-17(22)14(5)20-18(23)21-16-9-7-8-15(10-16)11-24-12(2)3/h7-10,12-14H,6,11H2,1-5H3,(H,19,22)(H2,20,21,23)/t13-,14+/m0/s1. The Morgan fingerprint density at radius 2 is 1.83 bits per heavy atom. The summed E-state index contributed by atoms with van der Waals surface area (Å²) in [6, 6.07) is 6.51. The van der Waals surface area contributed by atoms with Gasteiger partial charge in [0.2, 0.25) is 5.91 Å². The number of hydrogen-bond donors (Lipinski definition) is 3. The average molecular weight is 335 g/mol. The highest BCUT2D eigenvalue weighted by molar-refractivity contribution is 5.93. The van der Waals surface area contributed by atoms with Crippen LogP contribution in [-0.2, 0) is 16.1 Å². The van der Waals surface area contributed by atoms with Crippen molar-refractivity contribution in [2.24, 2.45) is 0 Å². The molecule has 0 aliphatic carbocycles. The van der Waals surface area contributed by atoms with Gasteiger partial charge in [0, 0.05) is 11.7 Å². The zero-order valence-electron chi connectivity index (χ0n) is 15.2. The van der Waals surface area contributed by atoms with Gasteiger partial charge in [-0.2, -0.15) is 0 Å². The van der Waals surface area contributed by atoms with Crippen LogP contribution in [0.2, 0.25) is 0 Å². The smallest absolute Gasteiger partial charge is 0.319 e. The second-order valence-corrected chi connectivity index (χ2v) is 6.20. The Hall–Kier alpha value is -2.08. The largest absolute Gasteiger partial charge is 0.374 e. The molecule has 3 N–H and O–H groups in total. The summed E-state index contributed by atoms with van der Waals surface area (Å²) in [6.07, 6.45) is 0.991. The zero-order valence-corrected chi connectivity index (χ0v) is 15.2. The SMILES string of the molecule is CC[C@H](C)NC(=O)[C@@H](C)NC(=O)Nc1cccc(COC(C)C)c1. The van der Waals surface area contributed by atoms with E-state index < -0.39 is 12.1 Å². The molecule has 1 aromatic rings. The van der Waals surface area contributed by atoms with Crippen LogP contribution in [0.25, 0.3) is 0 Å². The first kappa shape index (κ1) is 20.0. The number of benzene rings is 1. The van der Waals surface area contributed by atoms with Crippen LogP contribution in [0.5, 0.6) is 0 Å². The Balaban J connectivity index is 2.52. The van der Waals surface area contributed by atoms with Crippen LogP contribution in [0.1, 0.15) is 46.6 Å². The maximum Gasteiger partial charge on any atom is 0.319 e. The van der Waals surface area contributed by atoms with E-state index in [4.69, 9.17) is 4.74 Å². The van der Waals surface area contributed by atoms with Gasteiger partial charge in [0.1, 0.15) is 6.04 Å². The van der Waals surface area contributed by atoms with Crippen molar-refractivity contribution >= 4 is 17.6 Å². The number of anilines is 1. The summed E-state index contributed by atoms with van der Waals surface area (Å²) in [6.45, 7) is 10.0. The third-order valence-corrected chi connectivity index (χ3v) is 3.51. The van der Waals surface area contributed by atoms with Crippen LogP contribution >= 0.6 is 0 Å². The van der Waals surface area contributed by atoms with Crippen molar-refractivity contribution in [2.75, 3.05) is 5.32 Å². The molecule has 134 valence electrons. The van der Waals surface area contributed by atoms with Crippen LogP contribution in [0.15, 0.2) is 24.3 Å². The highest BCUT2D eigenvalue weighted by Gasteiger charge is 2.16. The Bertz CT molecular complexity index is 546. The van der Waals surface area contributed by atoms with E-state index in [0.717, 1.165) is 12.0 Å². The predicted octanol–water partition coefficient (Wildman–Crippen LogP) is 3.04. The molecular weight excluding hydrogens is 306 g/mol. The van der Waals surface area contributed by atoms with E-state index in [2.05, 4.69) is 16.0 Å². The summed E-state index contributed by atoms with van der Waals surface area (Å²) in [5, 5.41) is 8.21. The molecule has 0 aliphatic rings. The summed E-state index contributed by atoms with van der Waals surface area (Å²) in [5.41, 5.74) is 1.64. The molecule has 0 saturated carbocycles. The minimum Gasteiger partial charge on any atom is -0.374 e.